The summed E-state index contributed by atoms with van der Waals surface area (Å²) < 4.78 is 0. The third-order valence-corrected chi connectivity index (χ3v) is 3.21. The molecule has 0 saturated heterocycles. The number of nitrogens with two attached hydrogens (primary N) is 1. The molecular weight excluding hydrogens is 246 g/mol. The predicted octanol–water partition coefficient (Wildman–Crippen LogP) is 1.89. The molecule has 0 fully saturated rings. The maximum absolute atomic E-state index is 11.7. The van der Waals surface area contributed by atoms with Gasteiger partial charge in [-0.2, -0.15) is 0 Å². The maximum atomic E-state index is 11.7. The molecule has 5 heteroatoms. The van der Waals surface area contributed by atoms with Crippen LogP contribution in [0.5, 0.6) is 0 Å². The Hall–Kier alpha value is -1.88. The lowest BCUT2D eigenvalue weighted by Crippen LogP contribution is -2.24. The smallest absolute Gasteiger partial charge is 0.226 e. The summed E-state index contributed by atoms with van der Waals surface area (Å²) in [7, 11) is 0. The molecule has 0 radical (unpaired) electrons. The molecule has 0 aliphatic rings. The maximum Gasteiger partial charge on any atom is 0.226 e. The second-order valence-electron chi connectivity index (χ2n) is 4.12. The first-order valence-electron chi connectivity index (χ1n) is 5.65. The molecule has 3 N–H and O–H groups in total. The minimum absolute atomic E-state index is 0.0400. The fourth-order valence-electron chi connectivity index (χ4n) is 1.65. The van der Waals surface area contributed by atoms with Gasteiger partial charge < -0.3 is 11.1 Å². The molecule has 1 heterocycles. The van der Waals surface area contributed by atoms with Crippen LogP contribution in [0.15, 0.2) is 29.6 Å². The van der Waals surface area contributed by atoms with Crippen molar-refractivity contribution in [2.45, 2.75) is 19.9 Å². The van der Waals surface area contributed by atoms with Crippen molar-refractivity contribution >= 4 is 22.4 Å². The first-order chi connectivity index (χ1) is 8.63. The minimum atomic E-state index is -0.0400. The quantitative estimate of drug-likeness (QED) is 0.883. The van der Waals surface area contributed by atoms with E-state index in [1.54, 1.807) is 0 Å². The van der Waals surface area contributed by atoms with E-state index >= 15 is 0 Å². The molecule has 94 valence electrons. The lowest BCUT2D eigenvalue weighted by Gasteiger charge is -2.05. The fraction of sp³-hybridized carbons (Fsp3) is 0.231. The Morgan fingerprint density at radius 3 is 3.00 bits per heavy atom. The van der Waals surface area contributed by atoms with Crippen molar-refractivity contribution in [3.05, 3.63) is 46.5 Å². The molecule has 4 nitrogen and oxygen atoms in total. The van der Waals surface area contributed by atoms with Crippen molar-refractivity contribution in [3.8, 4) is 0 Å². The van der Waals surface area contributed by atoms with Gasteiger partial charge in [0.1, 0.15) is 0 Å². The average Bonchev–Trinajstić information content (AvgIpc) is 2.72. The largest absolute Gasteiger partial charge is 0.375 e. The number of aryl methyl sites for hydroxylation is 1. The first-order valence-corrected chi connectivity index (χ1v) is 6.53. The highest BCUT2D eigenvalue weighted by molar-refractivity contribution is 7.13. The number of nitrogens with zero attached hydrogens (tertiary/aromatic N) is 1. The standard InChI is InChI=1S/C13H15N3OS/c1-9-3-2-4-10(5-9)7-15-12(17)6-11-8-18-13(14)16-11/h2-5,8H,6-7H2,1H3,(H2,14,16)(H,15,17). The zero-order valence-corrected chi connectivity index (χ0v) is 11.0. The van der Waals surface area contributed by atoms with Gasteiger partial charge in [-0.15, -0.1) is 11.3 Å². The zero-order chi connectivity index (χ0) is 13.0. The van der Waals surface area contributed by atoms with Crippen molar-refractivity contribution < 1.29 is 4.79 Å². The monoisotopic (exact) mass is 261 g/mol. The van der Waals surface area contributed by atoms with Crippen molar-refractivity contribution in [2.24, 2.45) is 0 Å². The van der Waals surface area contributed by atoms with Crippen LogP contribution in [0.25, 0.3) is 0 Å². The van der Waals surface area contributed by atoms with Gasteiger partial charge in [-0.1, -0.05) is 29.8 Å². The molecule has 1 amide bonds. The number of aromatic nitrogens is 1. The zero-order valence-electron chi connectivity index (χ0n) is 10.1. The summed E-state index contributed by atoms with van der Waals surface area (Å²) >= 11 is 1.35. The van der Waals surface area contributed by atoms with Crippen LogP contribution in [0, 0.1) is 6.92 Å². The Balaban J connectivity index is 1.85. The topological polar surface area (TPSA) is 68.0 Å². The van der Waals surface area contributed by atoms with Gasteiger partial charge in [0, 0.05) is 11.9 Å². The van der Waals surface area contributed by atoms with E-state index in [2.05, 4.69) is 16.4 Å². The van der Waals surface area contributed by atoms with E-state index in [-0.39, 0.29) is 12.3 Å². The Kier molecular flexibility index (Phi) is 3.94. The lowest BCUT2D eigenvalue weighted by molar-refractivity contribution is -0.120. The van der Waals surface area contributed by atoms with Crippen LogP contribution in [0.3, 0.4) is 0 Å². The number of thiazole rings is 1. The van der Waals surface area contributed by atoms with Crippen LogP contribution in [0.4, 0.5) is 5.13 Å². The van der Waals surface area contributed by atoms with Crippen molar-refractivity contribution in [1.29, 1.82) is 0 Å². The van der Waals surface area contributed by atoms with E-state index in [1.165, 1.54) is 16.9 Å². The van der Waals surface area contributed by atoms with Gasteiger partial charge in [0.05, 0.1) is 12.1 Å². The highest BCUT2D eigenvalue weighted by Gasteiger charge is 2.06. The summed E-state index contributed by atoms with van der Waals surface area (Å²) in [5.74, 6) is -0.0400. The molecule has 2 rings (SSSR count). The second-order valence-corrected chi connectivity index (χ2v) is 5.01. The molecule has 0 aliphatic carbocycles. The Bertz CT molecular complexity index is 551. The van der Waals surface area contributed by atoms with Crippen molar-refractivity contribution in [1.82, 2.24) is 10.3 Å². The van der Waals surface area contributed by atoms with Gasteiger partial charge in [0.15, 0.2) is 5.13 Å². The van der Waals surface area contributed by atoms with Crippen molar-refractivity contribution in [2.75, 3.05) is 5.73 Å². The Morgan fingerprint density at radius 1 is 1.50 bits per heavy atom. The van der Waals surface area contributed by atoms with E-state index in [1.807, 2.05) is 30.5 Å². The molecule has 0 aliphatic heterocycles. The van der Waals surface area contributed by atoms with E-state index in [0.717, 1.165) is 11.3 Å². The third-order valence-electron chi connectivity index (χ3n) is 2.48. The van der Waals surface area contributed by atoms with Gasteiger partial charge in [-0.25, -0.2) is 4.98 Å². The van der Waals surface area contributed by atoms with Crippen LogP contribution in [0.2, 0.25) is 0 Å². The summed E-state index contributed by atoms with van der Waals surface area (Å²) in [6, 6.07) is 8.07. The number of carbonyl (C=O) groups excluding carboxylic acids is 1. The number of hydrogen-bond donors (Lipinski definition) is 2. The van der Waals surface area contributed by atoms with E-state index < -0.39 is 0 Å². The van der Waals surface area contributed by atoms with Crippen LogP contribution in [0.1, 0.15) is 16.8 Å². The average molecular weight is 261 g/mol. The molecule has 0 bridgehead atoms. The van der Waals surface area contributed by atoms with E-state index in [0.29, 0.717) is 11.7 Å². The van der Waals surface area contributed by atoms with Gasteiger partial charge in [-0.3, -0.25) is 4.79 Å². The molecule has 1 aromatic heterocycles. The Labute approximate surface area is 110 Å². The number of nitrogens with one attached hydrogen (secondary N) is 1. The first kappa shape index (κ1) is 12.6. The van der Waals surface area contributed by atoms with Gasteiger partial charge in [0.2, 0.25) is 5.91 Å². The Morgan fingerprint density at radius 2 is 2.33 bits per heavy atom. The minimum Gasteiger partial charge on any atom is -0.375 e. The number of carbonyl (C=O) groups is 1. The number of anilines is 1. The van der Waals surface area contributed by atoms with Crippen LogP contribution in [-0.2, 0) is 17.8 Å². The number of amides is 1. The molecule has 0 atom stereocenters. The summed E-state index contributed by atoms with van der Waals surface area (Å²) in [6.45, 7) is 2.57. The van der Waals surface area contributed by atoms with Gasteiger partial charge >= 0.3 is 0 Å². The summed E-state index contributed by atoms with van der Waals surface area (Å²) in [5, 5.41) is 5.17. The molecule has 0 saturated carbocycles. The molecule has 2 aromatic rings. The van der Waals surface area contributed by atoms with E-state index in [9.17, 15) is 4.79 Å². The van der Waals surface area contributed by atoms with Gasteiger partial charge in [0.25, 0.3) is 0 Å². The molecular formula is C13H15N3OS. The number of hydrogen-bond acceptors (Lipinski definition) is 4. The SMILES string of the molecule is Cc1cccc(CNC(=O)Cc2csc(N)n2)c1. The molecule has 0 unspecified atom stereocenters. The third kappa shape index (κ3) is 3.56. The van der Waals surface area contributed by atoms with Crippen LogP contribution in [-0.4, -0.2) is 10.9 Å². The molecule has 0 spiro atoms. The van der Waals surface area contributed by atoms with Crippen LogP contribution < -0.4 is 11.1 Å². The predicted molar refractivity (Wildman–Crippen MR) is 73.3 cm³/mol. The van der Waals surface area contributed by atoms with E-state index in [4.69, 9.17) is 5.73 Å². The number of nitrogen functional groups attached to an aromatic ring is 1. The highest BCUT2D eigenvalue weighted by atomic mass is 32.1. The molecule has 1 aromatic carbocycles. The summed E-state index contributed by atoms with van der Waals surface area (Å²) in [6.07, 6.45) is 0.277. The second kappa shape index (κ2) is 5.64. The van der Waals surface area contributed by atoms with Crippen LogP contribution >= 0.6 is 11.3 Å². The lowest BCUT2D eigenvalue weighted by atomic mass is 10.1. The highest BCUT2D eigenvalue weighted by Crippen LogP contribution is 2.11. The van der Waals surface area contributed by atoms with Gasteiger partial charge in [-0.05, 0) is 12.5 Å². The number of rotatable bonds is 4. The summed E-state index contributed by atoms with van der Waals surface area (Å²) in [5.41, 5.74) is 8.52. The summed E-state index contributed by atoms with van der Waals surface area (Å²) in [4.78, 5) is 15.7. The molecule has 18 heavy (non-hydrogen) atoms. The fourth-order valence-corrected chi connectivity index (χ4v) is 2.22. The van der Waals surface area contributed by atoms with Crippen molar-refractivity contribution in [3.63, 3.8) is 0 Å². The normalized spacial score (nSPS) is 10.3. The number of benzene rings is 1.